The van der Waals surface area contributed by atoms with Crippen molar-refractivity contribution in [3.05, 3.63) is 12.2 Å². The van der Waals surface area contributed by atoms with Crippen LogP contribution in [0.15, 0.2) is 12.2 Å². The summed E-state index contributed by atoms with van der Waals surface area (Å²) in [6.45, 7) is 9.15. The first-order valence-corrected chi connectivity index (χ1v) is 5.67. The first kappa shape index (κ1) is 11.7. The predicted molar refractivity (Wildman–Crippen MR) is 62.5 cm³/mol. The number of nitrogens with one attached hydrogen (secondary N) is 1. The molecule has 0 unspecified atom stereocenters. The van der Waals surface area contributed by atoms with Crippen molar-refractivity contribution < 1.29 is 0 Å². The highest BCUT2D eigenvalue weighted by atomic mass is 15.1. The molecule has 2 heteroatoms. The Bertz CT molecular complexity index is 179. The van der Waals surface area contributed by atoms with Crippen molar-refractivity contribution in [2.45, 2.75) is 26.7 Å². The molecule has 1 rings (SSSR count). The van der Waals surface area contributed by atoms with E-state index in [0.29, 0.717) is 5.41 Å². The van der Waals surface area contributed by atoms with Crippen molar-refractivity contribution >= 4 is 0 Å². The van der Waals surface area contributed by atoms with Crippen LogP contribution in [-0.2, 0) is 0 Å². The van der Waals surface area contributed by atoms with E-state index < -0.39 is 0 Å². The molecule has 0 aromatic heterocycles. The lowest BCUT2D eigenvalue weighted by Gasteiger charge is -2.38. The van der Waals surface area contributed by atoms with Gasteiger partial charge in [0, 0.05) is 13.1 Å². The van der Waals surface area contributed by atoms with E-state index in [4.69, 9.17) is 0 Å². The summed E-state index contributed by atoms with van der Waals surface area (Å²) in [4.78, 5) is 2.42. The molecule has 1 fully saturated rings. The first-order chi connectivity index (χ1) is 6.66. The molecular weight excluding hydrogens is 172 g/mol. The van der Waals surface area contributed by atoms with Crippen LogP contribution < -0.4 is 5.32 Å². The Morgan fingerprint density at radius 3 is 2.57 bits per heavy atom. The highest BCUT2D eigenvalue weighted by Gasteiger charge is 2.27. The van der Waals surface area contributed by atoms with Crippen molar-refractivity contribution in [2.24, 2.45) is 5.41 Å². The van der Waals surface area contributed by atoms with Crippen LogP contribution in [0, 0.1) is 5.41 Å². The maximum Gasteiger partial charge on any atom is 0.0135 e. The number of piperidine rings is 1. The van der Waals surface area contributed by atoms with Crippen LogP contribution in [0.1, 0.15) is 26.7 Å². The minimum atomic E-state index is 0.522. The molecule has 0 aromatic rings. The summed E-state index contributed by atoms with van der Waals surface area (Å²) < 4.78 is 0. The van der Waals surface area contributed by atoms with Gasteiger partial charge in [-0.2, -0.15) is 0 Å². The molecule has 1 heterocycles. The normalized spacial score (nSPS) is 23.1. The second kappa shape index (κ2) is 5.52. The molecule has 0 spiro atoms. The van der Waals surface area contributed by atoms with Gasteiger partial charge in [-0.3, -0.25) is 0 Å². The number of nitrogens with zero attached hydrogens (tertiary/aromatic N) is 1. The largest absolute Gasteiger partial charge is 0.313 e. The zero-order chi connectivity index (χ0) is 10.4. The summed E-state index contributed by atoms with van der Waals surface area (Å²) in [6, 6.07) is 0. The smallest absolute Gasteiger partial charge is 0.0135 e. The van der Waals surface area contributed by atoms with Gasteiger partial charge in [-0.25, -0.2) is 0 Å². The summed E-state index contributed by atoms with van der Waals surface area (Å²) in [5.74, 6) is 0. The molecule has 0 bridgehead atoms. The van der Waals surface area contributed by atoms with Gasteiger partial charge in [0.1, 0.15) is 0 Å². The number of hydrogen-bond acceptors (Lipinski definition) is 2. The molecule has 1 N–H and O–H groups in total. The summed E-state index contributed by atoms with van der Waals surface area (Å²) in [5, 5.41) is 3.51. The molecule has 0 radical (unpaired) electrons. The van der Waals surface area contributed by atoms with Gasteiger partial charge in [0.05, 0.1) is 0 Å². The standard InChI is InChI=1S/C12H24N2/c1-4-5-8-13-11-12(2)6-9-14(3)10-7-12/h4-5,13H,6-11H2,1-3H3/b5-4+. The van der Waals surface area contributed by atoms with Crippen molar-refractivity contribution in [3.63, 3.8) is 0 Å². The SMILES string of the molecule is C/C=C/CNCC1(C)CCN(C)CC1. The number of rotatable bonds is 4. The van der Waals surface area contributed by atoms with E-state index in [1.54, 1.807) is 0 Å². The lowest BCUT2D eigenvalue weighted by atomic mass is 9.80. The highest BCUT2D eigenvalue weighted by Crippen LogP contribution is 2.29. The third-order valence-electron chi connectivity index (χ3n) is 3.24. The first-order valence-electron chi connectivity index (χ1n) is 5.67. The van der Waals surface area contributed by atoms with Crippen molar-refractivity contribution in [1.29, 1.82) is 0 Å². The quantitative estimate of drug-likeness (QED) is 0.545. The zero-order valence-corrected chi connectivity index (χ0v) is 9.84. The van der Waals surface area contributed by atoms with E-state index in [0.717, 1.165) is 13.1 Å². The molecule has 82 valence electrons. The molecule has 0 saturated carbocycles. The van der Waals surface area contributed by atoms with Gasteiger partial charge < -0.3 is 10.2 Å². The molecule has 1 saturated heterocycles. The lowest BCUT2D eigenvalue weighted by Crippen LogP contribution is -2.42. The maximum atomic E-state index is 3.51. The van der Waals surface area contributed by atoms with Crippen molar-refractivity contribution in [3.8, 4) is 0 Å². The Hall–Kier alpha value is -0.340. The van der Waals surface area contributed by atoms with Gasteiger partial charge in [0.25, 0.3) is 0 Å². The van der Waals surface area contributed by atoms with Crippen LogP contribution in [0.2, 0.25) is 0 Å². The molecule has 0 aliphatic carbocycles. The minimum absolute atomic E-state index is 0.522. The Kier molecular flexibility index (Phi) is 4.63. The minimum Gasteiger partial charge on any atom is -0.313 e. The third-order valence-corrected chi connectivity index (χ3v) is 3.24. The second-order valence-corrected chi connectivity index (χ2v) is 4.81. The van der Waals surface area contributed by atoms with Crippen molar-refractivity contribution in [1.82, 2.24) is 10.2 Å². The molecular formula is C12H24N2. The Morgan fingerprint density at radius 1 is 1.36 bits per heavy atom. The molecule has 1 aliphatic heterocycles. The molecule has 0 amide bonds. The zero-order valence-electron chi connectivity index (χ0n) is 9.84. The fraction of sp³-hybridized carbons (Fsp3) is 0.833. The molecule has 0 aromatic carbocycles. The number of likely N-dealkylation sites (tertiary alicyclic amines) is 1. The molecule has 1 aliphatic rings. The predicted octanol–water partition coefficient (Wildman–Crippen LogP) is 1.88. The van der Waals surface area contributed by atoms with E-state index in [2.05, 4.69) is 43.3 Å². The summed E-state index contributed by atoms with van der Waals surface area (Å²) >= 11 is 0. The summed E-state index contributed by atoms with van der Waals surface area (Å²) in [6.07, 6.45) is 6.93. The maximum absolute atomic E-state index is 3.51. The van der Waals surface area contributed by atoms with Crippen molar-refractivity contribution in [2.75, 3.05) is 33.2 Å². The fourth-order valence-corrected chi connectivity index (χ4v) is 1.91. The van der Waals surface area contributed by atoms with Gasteiger partial charge in [0.2, 0.25) is 0 Å². The highest BCUT2D eigenvalue weighted by molar-refractivity contribution is 4.85. The Morgan fingerprint density at radius 2 is 2.00 bits per heavy atom. The topological polar surface area (TPSA) is 15.3 Å². The third kappa shape index (κ3) is 3.81. The second-order valence-electron chi connectivity index (χ2n) is 4.81. The average molecular weight is 196 g/mol. The average Bonchev–Trinajstić information content (AvgIpc) is 2.18. The van der Waals surface area contributed by atoms with E-state index in [9.17, 15) is 0 Å². The van der Waals surface area contributed by atoms with E-state index in [1.807, 2.05) is 0 Å². The number of hydrogen-bond donors (Lipinski definition) is 1. The Labute approximate surface area is 88.4 Å². The van der Waals surface area contributed by atoms with Gasteiger partial charge in [0.15, 0.2) is 0 Å². The summed E-state index contributed by atoms with van der Waals surface area (Å²) in [7, 11) is 2.22. The van der Waals surface area contributed by atoms with E-state index in [-0.39, 0.29) is 0 Å². The van der Waals surface area contributed by atoms with Crippen LogP contribution >= 0.6 is 0 Å². The monoisotopic (exact) mass is 196 g/mol. The van der Waals surface area contributed by atoms with Crippen LogP contribution in [-0.4, -0.2) is 38.1 Å². The van der Waals surface area contributed by atoms with Crippen LogP contribution in [0.3, 0.4) is 0 Å². The summed E-state index contributed by atoms with van der Waals surface area (Å²) in [5.41, 5.74) is 0.522. The molecule has 2 nitrogen and oxygen atoms in total. The van der Waals surface area contributed by atoms with Gasteiger partial charge in [-0.05, 0) is 45.3 Å². The van der Waals surface area contributed by atoms with Gasteiger partial charge in [-0.1, -0.05) is 19.1 Å². The Balaban J connectivity index is 2.21. The molecule has 14 heavy (non-hydrogen) atoms. The lowest BCUT2D eigenvalue weighted by molar-refractivity contribution is 0.138. The van der Waals surface area contributed by atoms with E-state index in [1.165, 1.54) is 25.9 Å². The number of allylic oxidation sites excluding steroid dienone is 1. The van der Waals surface area contributed by atoms with Gasteiger partial charge >= 0.3 is 0 Å². The van der Waals surface area contributed by atoms with Crippen LogP contribution in [0.5, 0.6) is 0 Å². The van der Waals surface area contributed by atoms with Crippen LogP contribution in [0.25, 0.3) is 0 Å². The van der Waals surface area contributed by atoms with Gasteiger partial charge in [-0.15, -0.1) is 0 Å². The van der Waals surface area contributed by atoms with Crippen LogP contribution in [0.4, 0.5) is 0 Å². The molecule has 0 atom stereocenters. The van der Waals surface area contributed by atoms with E-state index >= 15 is 0 Å². The fourth-order valence-electron chi connectivity index (χ4n) is 1.91.